The second-order valence-electron chi connectivity index (χ2n) is 18.5. The Balaban J connectivity index is 0.000000139. The Bertz CT molecular complexity index is 3240. The number of aryl methyl sites for hydroxylation is 2. The molecule has 0 radical (unpaired) electrons. The van der Waals surface area contributed by atoms with Gasteiger partial charge in [-0.1, -0.05) is 49.2 Å². The van der Waals surface area contributed by atoms with Crippen LogP contribution in [-0.2, 0) is 0 Å². The molecule has 0 unspecified atom stereocenters. The van der Waals surface area contributed by atoms with Gasteiger partial charge in [0.1, 0.15) is 0 Å². The van der Waals surface area contributed by atoms with E-state index in [1.165, 1.54) is 12.8 Å². The maximum atomic E-state index is 12.5. The first kappa shape index (κ1) is 50.8. The van der Waals surface area contributed by atoms with Crippen molar-refractivity contribution in [3.05, 3.63) is 157 Å². The van der Waals surface area contributed by atoms with Crippen LogP contribution in [0.15, 0.2) is 135 Å². The molecule has 4 fully saturated rings. The van der Waals surface area contributed by atoms with Gasteiger partial charge in [-0.2, -0.15) is 20.7 Å². The Labute approximate surface area is 433 Å². The first-order chi connectivity index (χ1) is 36.5. The van der Waals surface area contributed by atoms with Crippen LogP contribution >= 0.6 is 0 Å². The number of aromatic nitrogens is 10. The lowest BCUT2D eigenvalue weighted by Crippen LogP contribution is -2.49. The first-order valence-electron chi connectivity index (χ1n) is 24.5. The van der Waals surface area contributed by atoms with Crippen molar-refractivity contribution in [3.8, 4) is 46.0 Å². The zero-order valence-corrected chi connectivity index (χ0v) is 41.3. The molecule has 0 bridgehead atoms. The van der Waals surface area contributed by atoms with Gasteiger partial charge in [-0.05, 0) is 92.2 Å². The van der Waals surface area contributed by atoms with Gasteiger partial charge < -0.3 is 30.5 Å². The number of carbonyl (C=O) groups is 2. The third-order valence-corrected chi connectivity index (χ3v) is 12.6. The molecule has 2 aliphatic heterocycles. The summed E-state index contributed by atoms with van der Waals surface area (Å²) in [5.74, 6) is 1.02. The Morgan fingerprint density at radius 2 is 1.13 bits per heavy atom. The molecule has 21 heteroatoms. The third-order valence-electron chi connectivity index (χ3n) is 12.6. The number of hydrogen-bond acceptors (Lipinski definition) is 16. The van der Waals surface area contributed by atoms with Crippen molar-refractivity contribution in [3.63, 3.8) is 0 Å². The number of anilines is 4. The van der Waals surface area contributed by atoms with E-state index in [1.54, 1.807) is 65.3 Å². The lowest BCUT2D eigenvalue weighted by molar-refractivity contribution is 0.0571. The number of aromatic amines is 1. The van der Waals surface area contributed by atoms with Crippen molar-refractivity contribution in [2.45, 2.75) is 51.4 Å². The number of amides is 2. The monoisotopic (exact) mass is 1000 g/mol. The van der Waals surface area contributed by atoms with Crippen LogP contribution in [0.2, 0.25) is 5.82 Å². The maximum absolute atomic E-state index is 12.5. The summed E-state index contributed by atoms with van der Waals surface area (Å²) in [4.78, 5) is 54.6. The number of benzene rings is 2. The summed E-state index contributed by atoms with van der Waals surface area (Å²) in [6.07, 6.45) is 18.6. The Kier molecular flexibility index (Phi) is 16.0. The van der Waals surface area contributed by atoms with E-state index in [0.717, 1.165) is 69.2 Å². The highest BCUT2D eigenvalue weighted by atomic mass is 16.4. The SMILES string of the molecule is Cc1cnc(Nc2cn[nH]c2)nc1-c1ccc(C(=O)N2CC(C#N)C2)cc1.Cc1cnc(Nc2cnn(C3CC3)c2)nc1-c1ccc(C(=O)N2CC(C#N)C2)cc1.OB(O)C1CC1.c1ccc(-c2ccccn2)nc1. The number of rotatable bonds is 11. The molecule has 2 saturated carbocycles. The molecule has 20 nitrogen and oxygen atoms in total. The molecule has 12 rings (SSSR count). The molecule has 0 atom stereocenters. The molecule has 2 amide bonds. The number of likely N-dealkylation sites (tertiary alicyclic amines) is 2. The average Bonchev–Trinajstić information content (AvgIpc) is 4.36. The molecule has 5 N–H and O–H groups in total. The van der Waals surface area contributed by atoms with Gasteiger partial charge in [0.2, 0.25) is 11.9 Å². The van der Waals surface area contributed by atoms with Gasteiger partial charge >= 0.3 is 7.12 Å². The van der Waals surface area contributed by atoms with E-state index < -0.39 is 7.12 Å². The van der Waals surface area contributed by atoms with E-state index in [-0.39, 0.29) is 29.5 Å². The van der Waals surface area contributed by atoms with Gasteiger partial charge in [-0.25, -0.2) is 19.9 Å². The van der Waals surface area contributed by atoms with Gasteiger partial charge in [0.15, 0.2) is 0 Å². The summed E-state index contributed by atoms with van der Waals surface area (Å²) >= 11 is 0. The van der Waals surface area contributed by atoms with Gasteiger partial charge in [-0.3, -0.25) is 29.3 Å². The first-order valence-corrected chi connectivity index (χ1v) is 24.5. The Morgan fingerprint density at radius 1 is 0.640 bits per heavy atom. The fourth-order valence-electron chi connectivity index (χ4n) is 7.89. The summed E-state index contributed by atoms with van der Waals surface area (Å²) in [5.41, 5.74) is 10.0. The van der Waals surface area contributed by atoms with Crippen LogP contribution in [0, 0.1) is 48.3 Å². The summed E-state index contributed by atoms with van der Waals surface area (Å²) in [6.45, 7) is 5.93. The number of pyridine rings is 2. The van der Waals surface area contributed by atoms with Crippen molar-refractivity contribution in [1.82, 2.24) is 59.7 Å². The topological polar surface area (TPSA) is 277 Å². The normalized spacial score (nSPS) is 14.6. The number of hydrogen-bond donors (Lipinski definition) is 5. The van der Waals surface area contributed by atoms with E-state index >= 15 is 0 Å². The quantitative estimate of drug-likeness (QED) is 0.0780. The Morgan fingerprint density at radius 3 is 1.52 bits per heavy atom. The van der Waals surface area contributed by atoms with E-state index in [9.17, 15) is 9.59 Å². The minimum absolute atomic E-state index is 0.0394. The summed E-state index contributed by atoms with van der Waals surface area (Å²) in [7, 11) is -1.04. The summed E-state index contributed by atoms with van der Waals surface area (Å²) < 4.78 is 1.98. The highest BCUT2D eigenvalue weighted by Crippen LogP contribution is 2.37. The van der Waals surface area contributed by atoms with Crippen LogP contribution in [0.3, 0.4) is 0 Å². The number of carbonyl (C=O) groups excluding carboxylic acids is 2. The molecule has 376 valence electrons. The van der Waals surface area contributed by atoms with Gasteiger partial charge in [0, 0.05) is 85.6 Å². The molecular weight excluding hydrogens is 948 g/mol. The Hall–Kier alpha value is -9.18. The zero-order valence-electron chi connectivity index (χ0n) is 41.3. The maximum Gasteiger partial charge on any atom is 0.454 e. The predicted molar refractivity (Wildman–Crippen MR) is 281 cm³/mol. The molecular formula is C54H53BN16O4. The molecule has 2 saturated heterocycles. The van der Waals surface area contributed by atoms with E-state index in [0.29, 0.717) is 55.2 Å². The fraction of sp³-hybridized carbons (Fsp3) is 0.259. The van der Waals surface area contributed by atoms with Gasteiger partial charge in [0.25, 0.3) is 11.8 Å². The predicted octanol–water partition coefficient (Wildman–Crippen LogP) is 7.60. The van der Waals surface area contributed by atoms with Gasteiger partial charge in [0.05, 0.1) is 76.6 Å². The largest absolute Gasteiger partial charge is 0.454 e. The van der Waals surface area contributed by atoms with Crippen LogP contribution < -0.4 is 10.6 Å². The molecule has 6 aromatic heterocycles. The van der Waals surface area contributed by atoms with Crippen molar-refractivity contribution < 1.29 is 19.6 Å². The molecule has 0 spiro atoms. The highest BCUT2D eigenvalue weighted by Gasteiger charge is 2.34. The minimum Gasteiger partial charge on any atom is -0.427 e. The smallest absolute Gasteiger partial charge is 0.427 e. The van der Waals surface area contributed by atoms with E-state index in [1.807, 2.05) is 97.5 Å². The second kappa shape index (κ2) is 23.6. The number of nitrogens with zero attached hydrogens (tertiary/aromatic N) is 13. The second-order valence-corrected chi connectivity index (χ2v) is 18.5. The van der Waals surface area contributed by atoms with Gasteiger partial charge in [-0.15, -0.1) is 0 Å². The molecule has 2 aliphatic carbocycles. The van der Waals surface area contributed by atoms with Crippen molar-refractivity contribution >= 4 is 42.2 Å². The summed E-state index contributed by atoms with van der Waals surface area (Å²) in [6, 6.07) is 31.3. The zero-order chi connectivity index (χ0) is 52.3. The van der Waals surface area contributed by atoms with Crippen LogP contribution in [0.25, 0.3) is 33.9 Å². The molecule has 8 heterocycles. The average molecular weight is 1000 g/mol. The number of H-pyrrole nitrogens is 1. The minimum atomic E-state index is -1.04. The van der Waals surface area contributed by atoms with Crippen LogP contribution in [0.5, 0.6) is 0 Å². The number of nitriles is 2. The standard InChI is InChI=1S/C22H21N7O.C19H17N7O.C10H8N2.C3H7BO2/c1-14-9-24-22(26-18-10-25-29(13-18)19-6-7-19)27-20(14)16-2-4-17(5-3-16)21(30)28-11-15(8-23)12-28;1-12-7-21-19(24-16-8-22-23-9-16)25-17(12)14-2-4-15(5-3-14)18(27)26-10-13(6-20)11-26;1-3-7-11-9(5-1)10-6-2-4-8-12-10;5-4(6)3-1-2-3/h2-5,9-10,13,15,19H,6-7,11-12H2,1H3,(H,24,26,27);2-5,7-9,13H,10-11H2,1H3,(H,22,23)(H,21,24,25);1-8H;3,5-6H,1-2H2. The van der Waals surface area contributed by atoms with E-state index in [4.69, 9.17) is 20.6 Å². The highest BCUT2D eigenvalue weighted by molar-refractivity contribution is 6.44. The lowest BCUT2D eigenvalue weighted by Gasteiger charge is -2.35. The fourth-order valence-corrected chi connectivity index (χ4v) is 7.89. The van der Waals surface area contributed by atoms with Crippen LogP contribution in [0.1, 0.15) is 63.6 Å². The number of nitrogens with one attached hydrogen (secondary N) is 3. The van der Waals surface area contributed by atoms with E-state index in [2.05, 4.69) is 68.0 Å². The molecule has 75 heavy (non-hydrogen) atoms. The lowest BCUT2D eigenvalue weighted by atomic mass is 9.84. The molecule has 2 aromatic carbocycles. The van der Waals surface area contributed by atoms with Crippen LogP contribution in [0.4, 0.5) is 23.3 Å². The molecule has 4 aliphatic rings. The van der Waals surface area contributed by atoms with Crippen molar-refractivity contribution in [2.75, 3.05) is 36.8 Å². The van der Waals surface area contributed by atoms with Crippen molar-refractivity contribution in [2.24, 2.45) is 11.8 Å². The molecule has 8 aromatic rings. The third kappa shape index (κ3) is 13.3. The van der Waals surface area contributed by atoms with Crippen molar-refractivity contribution in [1.29, 1.82) is 10.5 Å². The van der Waals surface area contributed by atoms with Crippen LogP contribution in [-0.4, -0.2) is 115 Å². The summed E-state index contributed by atoms with van der Waals surface area (Å²) in [5, 5.41) is 51.5.